The molecular weight excluding hydrogens is 481 g/mol. The van der Waals surface area contributed by atoms with Gasteiger partial charge in [-0.2, -0.15) is 0 Å². The van der Waals surface area contributed by atoms with Gasteiger partial charge in [0.05, 0.1) is 19.9 Å². The number of alkyl halides is 1. The monoisotopic (exact) mass is 519 g/mol. The number of phenols is 1. The van der Waals surface area contributed by atoms with Crippen LogP contribution in [0.25, 0.3) is 5.57 Å². The molecule has 0 bridgehead atoms. The molecule has 0 saturated carbocycles. The van der Waals surface area contributed by atoms with Crippen LogP contribution >= 0.6 is 0 Å². The Labute approximate surface area is 224 Å². The molecule has 2 aliphatic heterocycles. The number of ether oxygens (including phenoxy) is 3. The highest BCUT2D eigenvalue weighted by atomic mass is 19.1. The summed E-state index contributed by atoms with van der Waals surface area (Å²) in [4.78, 5) is 2.29. The third-order valence-electron chi connectivity index (χ3n) is 8.45. The molecule has 2 fully saturated rings. The maximum Gasteiger partial charge on any atom is 0.172 e. The number of allylic oxidation sites excluding steroid dienone is 2. The fraction of sp³-hybridized carbons (Fsp3) is 0.500. The number of phenolic OH excluding ortho intramolecular Hbond substituents is 1. The maximum atomic E-state index is 12.5. The van der Waals surface area contributed by atoms with Crippen LogP contribution in [0.4, 0.5) is 4.39 Å². The number of halogens is 1. The smallest absolute Gasteiger partial charge is 0.172 e. The normalized spacial score (nSPS) is 23.4. The van der Waals surface area contributed by atoms with E-state index in [1.807, 2.05) is 6.07 Å². The Morgan fingerprint density at radius 2 is 1.89 bits per heavy atom. The van der Waals surface area contributed by atoms with Crippen molar-refractivity contribution < 1.29 is 23.7 Å². The van der Waals surface area contributed by atoms with Gasteiger partial charge < -0.3 is 19.3 Å². The lowest BCUT2D eigenvalue weighted by molar-refractivity contribution is -0.161. The molecule has 2 aromatic rings. The molecule has 202 valence electrons. The highest BCUT2D eigenvalue weighted by Gasteiger charge is 2.38. The Bertz CT molecular complexity index is 1200. The van der Waals surface area contributed by atoms with E-state index in [0.29, 0.717) is 25.4 Å². The van der Waals surface area contributed by atoms with Gasteiger partial charge in [-0.15, -0.1) is 0 Å². The average Bonchev–Trinajstić information content (AvgIpc) is 3.54. The molecule has 1 atom stereocenters. The number of hydrogen-bond donors (Lipinski definition) is 1. The SMILES string of the molecule is Oc1ccc2c(c1)CCCC(C1=CCC3(CC1)OCCO3)=C2c1ccc(O[C@H]2CCN(CCCF)C2)cc1. The van der Waals surface area contributed by atoms with Crippen LogP contribution in [-0.4, -0.2) is 61.4 Å². The number of benzene rings is 2. The van der Waals surface area contributed by atoms with E-state index in [0.717, 1.165) is 70.3 Å². The number of fused-ring (bicyclic) bond motifs is 1. The van der Waals surface area contributed by atoms with E-state index in [4.69, 9.17) is 14.2 Å². The van der Waals surface area contributed by atoms with Crippen molar-refractivity contribution in [2.75, 3.05) is 39.5 Å². The van der Waals surface area contributed by atoms with E-state index < -0.39 is 5.79 Å². The number of aromatic hydroxyl groups is 1. The molecule has 6 rings (SSSR count). The van der Waals surface area contributed by atoms with Crippen molar-refractivity contribution in [1.82, 2.24) is 4.90 Å². The molecule has 1 N–H and O–H groups in total. The molecule has 38 heavy (non-hydrogen) atoms. The largest absolute Gasteiger partial charge is 0.508 e. The first-order chi connectivity index (χ1) is 18.6. The Hall–Kier alpha value is -2.67. The zero-order chi connectivity index (χ0) is 26.0. The van der Waals surface area contributed by atoms with Gasteiger partial charge in [-0.05, 0) is 96.2 Å². The second kappa shape index (κ2) is 11.2. The first-order valence-corrected chi connectivity index (χ1v) is 14.2. The molecule has 4 aliphatic rings. The summed E-state index contributed by atoms with van der Waals surface area (Å²) in [6, 6.07) is 14.3. The summed E-state index contributed by atoms with van der Waals surface area (Å²) in [6.07, 6.45) is 9.66. The van der Waals surface area contributed by atoms with Crippen molar-refractivity contribution in [3.05, 3.63) is 76.4 Å². The van der Waals surface area contributed by atoms with Gasteiger partial charge in [-0.1, -0.05) is 24.3 Å². The Balaban J connectivity index is 1.29. The number of hydrogen-bond acceptors (Lipinski definition) is 5. The van der Waals surface area contributed by atoms with Crippen LogP contribution in [0.3, 0.4) is 0 Å². The van der Waals surface area contributed by atoms with E-state index >= 15 is 0 Å². The molecule has 0 aromatic heterocycles. The van der Waals surface area contributed by atoms with Crippen molar-refractivity contribution in [3.63, 3.8) is 0 Å². The van der Waals surface area contributed by atoms with Crippen LogP contribution in [-0.2, 0) is 15.9 Å². The van der Waals surface area contributed by atoms with Crippen LogP contribution in [0.15, 0.2) is 59.7 Å². The lowest BCUT2D eigenvalue weighted by Gasteiger charge is -2.32. The van der Waals surface area contributed by atoms with Crippen molar-refractivity contribution in [3.8, 4) is 11.5 Å². The Morgan fingerprint density at radius 3 is 2.66 bits per heavy atom. The first-order valence-electron chi connectivity index (χ1n) is 14.2. The van der Waals surface area contributed by atoms with Crippen LogP contribution in [0, 0.1) is 0 Å². The van der Waals surface area contributed by atoms with Gasteiger partial charge in [0.2, 0.25) is 0 Å². The molecule has 2 aliphatic carbocycles. The van der Waals surface area contributed by atoms with Gasteiger partial charge in [0.15, 0.2) is 5.79 Å². The number of rotatable bonds is 7. The molecule has 2 heterocycles. The second-order valence-electron chi connectivity index (χ2n) is 11.0. The zero-order valence-corrected chi connectivity index (χ0v) is 22.1. The van der Waals surface area contributed by atoms with Crippen molar-refractivity contribution in [1.29, 1.82) is 0 Å². The maximum absolute atomic E-state index is 12.5. The minimum absolute atomic E-state index is 0.150. The highest BCUT2D eigenvalue weighted by Crippen LogP contribution is 2.44. The van der Waals surface area contributed by atoms with Gasteiger partial charge in [0.1, 0.15) is 17.6 Å². The molecular formula is C32H38FNO4. The topological polar surface area (TPSA) is 51.2 Å². The highest BCUT2D eigenvalue weighted by molar-refractivity contribution is 5.87. The van der Waals surface area contributed by atoms with E-state index in [9.17, 15) is 9.50 Å². The number of likely N-dealkylation sites (tertiary alicyclic amines) is 1. The summed E-state index contributed by atoms with van der Waals surface area (Å²) < 4.78 is 30.8. The summed E-state index contributed by atoms with van der Waals surface area (Å²) >= 11 is 0. The summed E-state index contributed by atoms with van der Waals surface area (Å²) in [6.45, 7) is 3.73. The summed E-state index contributed by atoms with van der Waals surface area (Å²) in [5.41, 5.74) is 7.63. The van der Waals surface area contributed by atoms with Crippen molar-refractivity contribution >= 4 is 5.57 Å². The second-order valence-corrected chi connectivity index (χ2v) is 11.0. The fourth-order valence-corrected chi connectivity index (χ4v) is 6.54. The third kappa shape index (κ3) is 5.40. The van der Waals surface area contributed by atoms with Crippen LogP contribution in [0.2, 0.25) is 0 Å². The minimum atomic E-state index is -0.431. The fourth-order valence-electron chi connectivity index (χ4n) is 6.54. The lowest BCUT2D eigenvalue weighted by atomic mass is 9.82. The van der Waals surface area contributed by atoms with Gasteiger partial charge in [0, 0.05) is 32.5 Å². The quantitative estimate of drug-likeness (QED) is 0.472. The average molecular weight is 520 g/mol. The van der Waals surface area contributed by atoms with Crippen LogP contribution in [0.1, 0.15) is 61.6 Å². The molecule has 2 aromatic carbocycles. The first kappa shape index (κ1) is 25.6. The number of aryl methyl sites for hydroxylation is 1. The van der Waals surface area contributed by atoms with E-state index in [1.165, 1.54) is 33.4 Å². The van der Waals surface area contributed by atoms with Gasteiger partial charge in [-0.3, -0.25) is 9.29 Å². The molecule has 1 spiro atoms. The summed E-state index contributed by atoms with van der Waals surface area (Å²) in [5.74, 6) is 0.767. The molecule has 6 heteroatoms. The van der Waals surface area contributed by atoms with E-state index in [-0.39, 0.29) is 12.8 Å². The van der Waals surface area contributed by atoms with Gasteiger partial charge in [-0.25, -0.2) is 0 Å². The van der Waals surface area contributed by atoms with E-state index in [1.54, 1.807) is 6.07 Å². The molecule has 0 unspecified atom stereocenters. The minimum Gasteiger partial charge on any atom is -0.508 e. The van der Waals surface area contributed by atoms with Crippen molar-refractivity contribution in [2.24, 2.45) is 0 Å². The molecule has 2 saturated heterocycles. The number of nitrogens with zero attached hydrogens (tertiary/aromatic N) is 1. The Kier molecular flexibility index (Phi) is 7.55. The predicted molar refractivity (Wildman–Crippen MR) is 146 cm³/mol. The lowest BCUT2D eigenvalue weighted by Crippen LogP contribution is -2.32. The van der Waals surface area contributed by atoms with Crippen molar-refractivity contribution in [2.45, 2.75) is 63.3 Å². The van der Waals surface area contributed by atoms with Gasteiger partial charge >= 0.3 is 0 Å². The summed E-state index contributed by atoms with van der Waals surface area (Å²) in [7, 11) is 0. The van der Waals surface area contributed by atoms with Crippen LogP contribution in [0.5, 0.6) is 11.5 Å². The molecule has 5 nitrogen and oxygen atoms in total. The van der Waals surface area contributed by atoms with Gasteiger partial charge in [0.25, 0.3) is 0 Å². The van der Waals surface area contributed by atoms with E-state index in [2.05, 4.69) is 41.3 Å². The standard InChI is InChI=1S/C32H38FNO4/c33-16-2-17-34-18-13-28(22-34)38-27-8-5-24(6-9-27)31-29(4-1-3-25-21-26(35)7-10-30(25)31)23-11-14-32(15-12-23)36-19-20-37-32/h5-11,21,28,35H,1-4,12-20,22H2/t28-/m0/s1. The molecule has 0 radical (unpaired) electrons. The van der Waals surface area contributed by atoms with Crippen LogP contribution < -0.4 is 4.74 Å². The third-order valence-corrected chi connectivity index (χ3v) is 8.45. The Morgan fingerprint density at radius 1 is 1.05 bits per heavy atom. The predicted octanol–water partition coefficient (Wildman–Crippen LogP) is 6.20. The zero-order valence-electron chi connectivity index (χ0n) is 22.1. The molecule has 0 amide bonds. The summed E-state index contributed by atoms with van der Waals surface area (Å²) in [5, 5.41) is 10.2.